The number of hydrogen-bond donors (Lipinski definition) is 2. The number of benzene rings is 1. The highest BCUT2D eigenvalue weighted by Gasteiger charge is 2.26. The van der Waals surface area contributed by atoms with E-state index in [1.807, 2.05) is 0 Å². The number of rotatable bonds is 2. The number of aromatic hydroxyl groups is 1. The topological polar surface area (TPSA) is 49.3 Å². The van der Waals surface area contributed by atoms with Gasteiger partial charge in [0.2, 0.25) is 0 Å². The van der Waals surface area contributed by atoms with Gasteiger partial charge in [-0.15, -0.1) is 0 Å². The molecule has 4 heteroatoms. The first kappa shape index (κ1) is 14.6. The van der Waals surface area contributed by atoms with E-state index in [4.69, 9.17) is 0 Å². The first-order valence-electron chi connectivity index (χ1n) is 6.76. The molecule has 1 aliphatic carbocycles. The van der Waals surface area contributed by atoms with Crippen molar-refractivity contribution in [3.05, 3.63) is 27.3 Å². The van der Waals surface area contributed by atoms with Crippen LogP contribution in [0.25, 0.3) is 0 Å². The van der Waals surface area contributed by atoms with Crippen LogP contribution in [0.1, 0.15) is 43.5 Å². The fourth-order valence-corrected chi connectivity index (χ4v) is 3.12. The predicted octanol–water partition coefficient (Wildman–Crippen LogP) is 3.55. The van der Waals surface area contributed by atoms with Crippen molar-refractivity contribution >= 4 is 28.5 Å². The van der Waals surface area contributed by atoms with Crippen LogP contribution in [-0.2, 0) is 0 Å². The van der Waals surface area contributed by atoms with Crippen molar-refractivity contribution in [1.29, 1.82) is 0 Å². The van der Waals surface area contributed by atoms with Crippen LogP contribution in [-0.4, -0.2) is 17.1 Å². The number of carbonyl (C=O) groups excluding carboxylic acids is 1. The Hall–Kier alpha value is -0.780. The third-order valence-electron chi connectivity index (χ3n) is 4.14. The number of amides is 1. The van der Waals surface area contributed by atoms with E-state index in [1.54, 1.807) is 18.2 Å². The molecule has 1 aromatic carbocycles. The summed E-state index contributed by atoms with van der Waals surface area (Å²) in [7, 11) is 0. The predicted molar refractivity (Wildman–Crippen MR) is 84.3 cm³/mol. The molecule has 104 valence electrons. The molecule has 1 aromatic rings. The van der Waals surface area contributed by atoms with Crippen LogP contribution in [0.4, 0.5) is 0 Å². The molecule has 0 saturated heterocycles. The lowest BCUT2D eigenvalue weighted by atomic mass is 9.79. The monoisotopic (exact) mass is 373 g/mol. The number of carbonyl (C=O) groups is 1. The van der Waals surface area contributed by atoms with Crippen LogP contribution in [0.5, 0.6) is 5.75 Å². The van der Waals surface area contributed by atoms with Crippen LogP contribution >= 0.6 is 22.6 Å². The van der Waals surface area contributed by atoms with Crippen LogP contribution < -0.4 is 5.32 Å². The fraction of sp³-hybridized carbons (Fsp3) is 0.533. The van der Waals surface area contributed by atoms with E-state index in [-0.39, 0.29) is 17.7 Å². The number of phenolic OH excluding ortho intramolecular Hbond substituents is 1. The molecule has 19 heavy (non-hydrogen) atoms. The first-order valence-corrected chi connectivity index (χ1v) is 7.84. The van der Waals surface area contributed by atoms with Crippen LogP contribution in [0.3, 0.4) is 0 Å². The van der Waals surface area contributed by atoms with Crippen molar-refractivity contribution in [3.63, 3.8) is 0 Å². The van der Waals surface area contributed by atoms with Gasteiger partial charge in [0.05, 0.1) is 5.56 Å². The van der Waals surface area contributed by atoms with Crippen LogP contribution in [0.15, 0.2) is 18.2 Å². The van der Waals surface area contributed by atoms with Gasteiger partial charge in [-0.25, -0.2) is 0 Å². The van der Waals surface area contributed by atoms with E-state index < -0.39 is 0 Å². The molecule has 2 N–H and O–H groups in total. The Balaban J connectivity index is 2.03. The summed E-state index contributed by atoms with van der Waals surface area (Å²) in [5.41, 5.74) is 0.373. The number of hydrogen-bond acceptors (Lipinski definition) is 2. The molecule has 1 amide bonds. The summed E-state index contributed by atoms with van der Waals surface area (Å²) in [6.07, 6.45) is 3.21. The summed E-state index contributed by atoms with van der Waals surface area (Å²) < 4.78 is 0.950. The molecule has 1 saturated carbocycles. The van der Waals surface area contributed by atoms with Crippen molar-refractivity contribution in [2.45, 2.75) is 39.2 Å². The van der Waals surface area contributed by atoms with Gasteiger partial charge in [0.25, 0.3) is 5.91 Å². The molecule has 0 radical (unpaired) electrons. The first-order chi connectivity index (χ1) is 8.97. The molecule has 1 fully saturated rings. The highest BCUT2D eigenvalue weighted by molar-refractivity contribution is 14.1. The normalized spacial score (nSPS) is 27.0. The van der Waals surface area contributed by atoms with Gasteiger partial charge in [-0.1, -0.05) is 13.8 Å². The zero-order chi connectivity index (χ0) is 14.0. The van der Waals surface area contributed by atoms with Crippen LogP contribution in [0.2, 0.25) is 0 Å². The summed E-state index contributed by atoms with van der Waals surface area (Å²) >= 11 is 2.14. The molecule has 1 aliphatic rings. The Morgan fingerprint density at radius 1 is 1.32 bits per heavy atom. The number of halogens is 1. The lowest BCUT2D eigenvalue weighted by Crippen LogP contribution is -2.39. The Bertz CT molecular complexity index is 475. The Kier molecular flexibility index (Phi) is 4.71. The van der Waals surface area contributed by atoms with Crippen molar-refractivity contribution in [1.82, 2.24) is 5.32 Å². The van der Waals surface area contributed by atoms with E-state index in [0.29, 0.717) is 11.5 Å². The van der Waals surface area contributed by atoms with E-state index in [1.165, 1.54) is 0 Å². The zero-order valence-electron chi connectivity index (χ0n) is 11.3. The second kappa shape index (κ2) is 6.11. The molecule has 0 aliphatic heterocycles. The van der Waals surface area contributed by atoms with Gasteiger partial charge in [-0.05, 0) is 71.9 Å². The largest absolute Gasteiger partial charge is 0.507 e. The average molecular weight is 373 g/mol. The van der Waals surface area contributed by atoms with Gasteiger partial charge in [-0.3, -0.25) is 4.79 Å². The Morgan fingerprint density at radius 3 is 2.74 bits per heavy atom. The summed E-state index contributed by atoms with van der Waals surface area (Å²) in [5.74, 6) is 1.26. The minimum atomic E-state index is -0.164. The SMILES string of the molecule is CC1CCC(NC(=O)c2cc(I)ccc2O)CC1C. The third-order valence-corrected chi connectivity index (χ3v) is 4.81. The summed E-state index contributed by atoms with van der Waals surface area (Å²) in [4.78, 5) is 12.2. The maximum Gasteiger partial charge on any atom is 0.255 e. The third kappa shape index (κ3) is 3.61. The Morgan fingerprint density at radius 2 is 2.05 bits per heavy atom. The van der Waals surface area contributed by atoms with E-state index in [9.17, 15) is 9.90 Å². The molecule has 2 rings (SSSR count). The quantitative estimate of drug-likeness (QED) is 0.779. The van der Waals surface area contributed by atoms with E-state index >= 15 is 0 Å². The van der Waals surface area contributed by atoms with E-state index in [2.05, 4.69) is 41.8 Å². The highest BCUT2D eigenvalue weighted by Crippen LogP contribution is 2.29. The number of nitrogens with one attached hydrogen (secondary N) is 1. The maximum atomic E-state index is 12.2. The molecule has 0 spiro atoms. The van der Waals surface area contributed by atoms with Gasteiger partial charge in [0, 0.05) is 9.61 Å². The standard InChI is InChI=1S/C15H20INO2/c1-9-3-5-12(7-10(9)2)17-15(19)13-8-11(16)4-6-14(13)18/h4,6,8-10,12,18H,3,5,7H2,1-2H3,(H,17,19). The molecule has 3 atom stereocenters. The van der Waals surface area contributed by atoms with Gasteiger partial charge in [-0.2, -0.15) is 0 Å². The average Bonchev–Trinajstić information content (AvgIpc) is 2.36. The molecule has 0 aromatic heterocycles. The zero-order valence-corrected chi connectivity index (χ0v) is 13.5. The van der Waals surface area contributed by atoms with E-state index in [0.717, 1.165) is 28.8 Å². The second-order valence-electron chi connectivity index (χ2n) is 5.60. The highest BCUT2D eigenvalue weighted by atomic mass is 127. The minimum Gasteiger partial charge on any atom is -0.507 e. The fourth-order valence-electron chi connectivity index (χ4n) is 2.63. The molecular weight excluding hydrogens is 353 g/mol. The summed E-state index contributed by atoms with van der Waals surface area (Å²) in [6.45, 7) is 4.51. The Labute approximate surface area is 127 Å². The van der Waals surface area contributed by atoms with Gasteiger partial charge < -0.3 is 10.4 Å². The minimum absolute atomic E-state index is 0.0511. The number of phenols is 1. The van der Waals surface area contributed by atoms with Crippen molar-refractivity contribution in [3.8, 4) is 5.75 Å². The van der Waals surface area contributed by atoms with Gasteiger partial charge in [0.15, 0.2) is 0 Å². The lowest BCUT2D eigenvalue weighted by molar-refractivity contribution is 0.0908. The lowest BCUT2D eigenvalue weighted by Gasteiger charge is -2.32. The van der Waals surface area contributed by atoms with Crippen molar-refractivity contribution in [2.24, 2.45) is 11.8 Å². The molecular formula is C15H20INO2. The van der Waals surface area contributed by atoms with Crippen molar-refractivity contribution in [2.75, 3.05) is 0 Å². The maximum absolute atomic E-state index is 12.2. The van der Waals surface area contributed by atoms with Crippen LogP contribution in [0, 0.1) is 15.4 Å². The second-order valence-corrected chi connectivity index (χ2v) is 6.85. The van der Waals surface area contributed by atoms with Crippen molar-refractivity contribution < 1.29 is 9.90 Å². The smallest absolute Gasteiger partial charge is 0.255 e. The summed E-state index contributed by atoms with van der Waals surface area (Å²) in [6, 6.07) is 5.32. The molecule has 3 nitrogen and oxygen atoms in total. The van der Waals surface area contributed by atoms with Gasteiger partial charge >= 0.3 is 0 Å². The summed E-state index contributed by atoms with van der Waals surface area (Å²) in [5, 5.41) is 12.8. The molecule has 0 bridgehead atoms. The molecule has 0 heterocycles. The van der Waals surface area contributed by atoms with Gasteiger partial charge in [0.1, 0.15) is 5.75 Å². The molecule has 3 unspecified atom stereocenters.